The van der Waals surface area contributed by atoms with Crippen molar-refractivity contribution >= 4 is 11.9 Å². The van der Waals surface area contributed by atoms with Gasteiger partial charge in [0, 0.05) is 12.1 Å². The van der Waals surface area contributed by atoms with Crippen LogP contribution in [0.2, 0.25) is 0 Å². The number of hydrogen-bond donors (Lipinski definition) is 4. The van der Waals surface area contributed by atoms with E-state index in [2.05, 4.69) is 36.3 Å². The van der Waals surface area contributed by atoms with Crippen molar-refractivity contribution in [3.8, 4) is 0 Å². The summed E-state index contributed by atoms with van der Waals surface area (Å²) < 4.78 is 0. The topological polar surface area (TPSA) is 115 Å². The fourth-order valence-corrected chi connectivity index (χ4v) is 9.23. The Hall–Kier alpha value is -1.89. The van der Waals surface area contributed by atoms with Gasteiger partial charge in [-0.15, -0.1) is 0 Å². The number of amides is 1. The molecule has 3 saturated carbocycles. The van der Waals surface area contributed by atoms with E-state index in [4.69, 9.17) is 5.11 Å². The van der Waals surface area contributed by atoms with Crippen LogP contribution in [0.15, 0.2) is 6.20 Å². The number of carbonyl (C=O) groups is 2. The molecule has 1 aromatic rings. The van der Waals surface area contributed by atoms with Gasteiger partial charge in [-0.3, -0.25) is 14.7 Å². The molecule has 188 valence electrons. The number of carbonyl (C=O) groups excluding carboxylic acids is 1. The van der Waals surface area contributed by atoms with Crippen molar-refractivity contribution in [2.45, 2.75) is 84.7 Å². The first-order valence-corrected chi connectivity index (χ1v) is 13.3. The smallest absolute Gasteiger partial charge is 0.322 e. The monoisotopic (exact) mass is 471 g/mol. The van der Waals surface area contributed by atoms with Crippen LogP contribution in [0.1, 0.15) is 77.0 Å². The Kier molecular flexibility index (Phi) is 6.06. The molecule has 0 aliphatic heterocycles. The third-order valence-electron chi connectivity index (χ3n) is 10.9. The SMILES string of the molecule is C[C@H](CCC(=O)NCC(=O)O)C1CCC2C3C(CC[C@@]21C)[C@@]1(C)Cc2cn[nH]c2CC1C[C@H]3O. The molecule has 4 N–H and O–H groups in total. The van der Waals surface area contributed by atoms with Crippen molar-refractivity contribution in [1.29, 1.82) is 0 Å². The number of hydrogen-bond acceptors (Lipinski definition) is 4. The summed E-state index contributed by atoms with van der Waals surface area (Å²) in [5.41, 5.74) is 3.09. The van der Waals surface area contributed by atoms with Gasteiger partial charge in [-0.05, 0) is 103 Å². The number of fused-ring (bicyclic) bond motifs is 6. The van der Waals surface area contributed by atoms with Crippen LogP contribution in [-0.4, -0.2) is 44.9 Å². The van der Waals surface area contributed by atoms with E-state index in [1.54, 1.807) is 0 Å². The van der Waals surface area contributed by atoms with Gasteiger partial charge >= 0.3 is 5.97 Å². The Morgan fingerprint density at radius 2 is 2.00 bits per heavy atom. The van der Waals surface area contributed by atoms with Gasteiger partial charge in [0.1, 0.15) is 6.54 Å². The van der Waals surface area contributed by atoms with E-state index in [1.165, 1.54) is 36.9 Å². The average molecular weight is 472 g/mol. The summed E-state index contributed by atoms with van der Waals surface area (Å²) in [5, 5.41) is 30.3. The number of rotatable bonds is 6. The largest absolute Gasteiger partial charge is 0.480 e. The summed E-state index contributed by atoms with van der Waals surface area (Å²) in [5.74, 6) is 1.76. The molecular weight excluding hydrogens is 430 g/mol. The summed E-state index contributed by atoms with van der Waals surface area (Å²) in [7, 11) is 0. The third-order valence-corrected chi connectivity index (χ3v) is 10.9. The van der Waals surface area contributed by atoms with Crippen molar-refractivity contribution in [3.63, 3.8) is 0 Å². The van der Waals surface area contributed by atoms with Crippen molar-refractivity contribution in [1.82, 2.24) is 15.5 Å². The first-order chi connectivity index (χ1) is 16.1. The minimum absolute atomic E-state index is 0.171. The Bertz CT molecular complexity index is 946. The molecule has 0 radical (unpaired) electrons. The summed E-state index contributed by atoms with van der Waals surface area (Å²) in [6.45, 7) is 6.91. The molecule has 7 nitrogen and oxygen atoms in total. The predicted molar refractivity (Wildman–Crippen MR) is 128 cm³/mol. The zero-order valence-corrected chi connectivity index (χ0v) is 20.8. The number of aliphatic carboxylic acids is 1. The van der Waals surface area contributed by atoms with Crippen molar-refractivity contribution in [3.05, 3.63) is 17.5 Å². The van der Waals surface area contributed by atoms with E-state index in [1.807, 2.05) is 6.20 Å². The van der Waals surface area contributed by atoms with Gasteiger partial charge < -0.3 is 15.5 Å². The van der Waals surface area contributed by atoms with Crippen LogP contribution >= 0.6 is 0 Å². The highest BCUT2D eigenvalue weighted by Gasteiger charge is 2.62. The van der Waals surface area contributed by atoms with Gasteiger partial charge in [0.05, 0.1) is 12.3 Å². The van der Waals surface area contributed by atoms with Gasteiger partial charge in [-0.2, -0.15) is 5.10 Å². The normalized spacial score (nSPS) is 41.5. The molecule has 0 bridgehead atoms. The van der Waals surface area contributed by atoms with E-state index in [0.29, 0.717) is 41.9 Å². The summed E-state index contributed by atoms with van der Waals surface area (Å²) in [6, 6.07) is 0. The minimum atomic E-state index is -1.01. The van der Waals surface area contributed by atoms with E-state index in [9.17, 15) is 14.7 Å². The van der Waals surface area contributed by atoms with Gasteiger partial charge in [0.15, 0.2) is 0 Å². The molecule has 1 amide bonds. The standard InChI is InChI=1S/C27H41N3O4/c1-15(4-7-23(32)28-14-24(33)34)18-5-6-19-25-20(8-9-26(18,19)2)27(3)12-16-13-29-30-21(16)10-17(27)11-22(25)31/h13,15,17-20,22,25,31H,4-12,14H2,1-3H3,(H,28,32)(H,29,30)(H,33,34)/t15-,17?,18?,19?,20?,22-,25?,26-,27+/m1/s1. The second-order valence-corrected chi connectivity index (χ2v) is 12.5. The molecule has 9 atom stereocenters. The number of aromatic amines is 1. The molecule has 5 rings (SSSR count). The number of carboxylic acid groups (broad SMARTS) is 1. The summed E-state index contributed by atoms with van der Waals surface area (Å²) in [4.78, 5) is 22.8. The lowest BCUT2D eigenvalue weighted by Gasteiger charge is -2.61. The molecular formula is C27H41N3O4. The molecule has 3 fully saturated rings. The van der Waals surface area contributed by atoms with E-state index in [-0.39, 0.29) is 29.4 Å². The highest BCUT2D eigenvalue weighted by Crippen LogP contribution is 2.67. The first-order valence-electron chi connectivity index (χ1n) is 13.3. The van der Waals surface area contributed by atoms with Gasteiger partial charge in [-0.25, -0.2) is 0 Å². The van der Waals surface area contributed by atoms with Crippen LogP contribution in [0, 0.1) is 46.3 Å². The number of aliphatic hydroxyl groups excluding tert-OH is 1. The van der Waals surface area contributed by atoms with Crippen molar-refractivity contribution in [2.24, 2.45) is 46.3 Å². The summed E-state index contributed by atoms with van der Waals surface area (Å²) in [6.07, 6.45) is 10.7. The molecule has 5 unspecified atom stereocenters. The Morgan fingerprint density at radius 1 is 1.24 bits per heavy atom. The molecule has 0 spiro atoms. The maximum Gasteiger partial charge on any atom is 0.322 e. The number of carboxylic acids is 1. The second-order valence-electron chi connectivity index (χ2n) is 12.5. The number of H-pyrrole nitrogens is 1. The lowest BCUT2D eigenvalue weighted by atomic mass is 9.44. The Labute approximate surface area is 202 Å². The Balaban J connectivity index is 1.30. The van der Waals surface area contributed by atoms with Crippen LogP contribution in [0.3, 0.4) is 0 Å². The van der Waals surface area contributed by atoms with Crippen LogP contribution in [-0.2, 0) is 22.4 Å². The predicted octanol–water partition coefficient (Wildman–Crippen LogP) is 3.57. The first kappa shape index (κ1) is 23.8. The molecule has 7 heteroatoms. The highest BCUT2D eigenvalue weighted by molar-refractivity contribution is 5.81. The Morgan fingerprint density at radius 3 is 2.76 bits per heavy atom. The molecule has 4 aliphatic rings. The van der Waals surface area contributed by atoms with Gasteiger partial charge in [0.25, 0.3) is 0 Å². The lowest BCUT2D eigenvalue weighted by molar-refractivity contribution is -0.156. The highest BCUT2D eigenvalue weighted by atomic mass is 16.4. The maximum absolute atomic E-state index is 12.1. The zero-order valence-electron chi connectivity index (χ0n) is 20.8. The second kappa shape index (κ2) is 8.65. The van der Waals surface area contributed by atoms with E-state index >= 15 is 0 Å². The lowest BCUT2D eigenvalue weighted by Crippen LogP contribution is -2.59. The molecule has 1 aromatic heterocycles. The van der Waals surface area contributed by atoms with Gasteiger partial charge in [-0.1, -0.05) is 20.8 Å². The van der Waals surface area contributed by atoms with Crippen LogP contribution in [0.25, 0.3) is 0 Å². The number of nitrogens with one attached hydrogen (secondary N) is 2. The quantitative estimate of drug-likeness (QED) is 0.506. The molecule has 34 heavy (non-hydrogen) atoms. The third kappa shape index (κ3) is 3.78. The van der Waals surface area contributed by atoms with Crippen LogP contribution in [0.5, 0.6) is 0 Å². The van der Waals surface area contributed by atoms with E-state index < -0.39 is 5.97 Å². The average Bonchev–Trinajstić information content (AvgIpc) is 3.37. The zero-order chi connectivity index (χ0) is 24.3. The number of aliphatic hydroxyl groups is 1. The van der Waals surface area contributed by atoms with Crippen molar-refractivity contribution in [2.75, 3.05) is 6.54 Å². The number of nitrogens with zero attached hydrogens (tertiary/aromatic N) is 1. The number of aromatic nitrogens is 2. The maximum atomic E-state index is 12.1. The molecule has 0 aromatic carbocycles. The van der Waals surface area contributed by atoms with Gasteiger partial charge in [0.2, 0.25) is 5.91 Å². The fourth-order valence-electron chi connectivity index (χ4n) is 9.23. The van der Waals surface area contributed by atoms with Crippen LogP contribution in [0.4, 0.5) is 0 Å². The van der Waals surface area contributed by atoms with Crippen LogP contribution < -0.4 is 5.32 Å². The van der Waals surface area contributed by atoms with Crippen molar-refractivity contribution < 1.29 is 19.8 Å². The molecule has 1 heterocycles. The summed E-state index contributed by atoms with van der Waals surface area (Å²) >= 11 is 0. The molecule has 4 aliphatic carbocycles. The fraction of sp³-hybridized carbons (Fsp3) is 0.815. The molecule has 0 saturated heterocycles. The van der Waals surface area contributed by atoms with E-state index in [0.717, 1.165) is 25.7 Å². The minimum Gasteiger partial charge on any atom is -0.480 e.